The maximum absolute atomic E-state index is 11.9. The molecule has 1 aliphatic carbocycles. The van der Waals surface area contributed by atoms with Gasteiger partial charge in [-0.2, -0.15) is 5.10 Å². The van der Waals surface area contributed by atoms with Crippen molar-refractivity contribution in [2.24, 2.45) is 0 Å². The van der Waals surface area contributed by atoms with E-state index in [2.05, 4.69) is 16.9 Å². The lowest BCUT2D eigenvalue weighted by atomic mass is 9.93. The van der Waals surface area contributed by atoms with Gasteiger partial charge in [0.1, 0.15) is 0 Å². The monoisotopic (exact) mass is 291 g/mol. The van der Waals surface area contributed by atoms with Gasteiger partial charge in [-0.1, -0.05) is 6.92 Å². The van der Waals surface area contributed by atoms with Gasteiger partial charge in [0.15, 0.2) is 0 Å². The molecule has 116 valence electrons. The zero-order valence-electron chi connectivity index (χ0n) is 12.9. The van der Waals surface area contributed by atoms with Gasteiger partial charge < -0.3 is 10.1 Å². The van der Waals surface area contributed by atoms with Crippen LogP contribution in [0.3, 0.4) is 0 Å². The smallest absolute Gasteiger partial charge is 0.220 e. The molecular formula is C16H25N3O2. The number of rotatable bonds is 6. The molecule has 1 aliphatic heterocycles. The van der Waals surface area contributed by atoms with Gasteiger partial charge in [0.2, 0.25) is 5.91 Å². The molecule has 0 aromatic carbocycles. The van der Waals surface area contributed by atoms with E-state index in [1.54, 1.807) is 0 Å². The number of hydrogen-bond acceptors (Lipinski definition) is 3. The quantitative estimate of drug-likeness (QED) is 0.872. The Labute approximate surface area is 126 Å². The van der Waals surface area contributed by atoms with Crippen LogP contribution in [-0.2, 0) is 35.5 Å². The minimum Gasteiger partial charge on any atom is -0.376 e. The van der Waals surface area contributed by atoms with Gasteiger partial charge in [-0.3, -0.25) is 9.48 Å². The lowest BCUT2D eigenvalue weighted by Gasteiger charge is -2.26. The number of nitrogens with zero attached hydrogens (tertiary/aromatic N) is 2. The summed E-state index contributed by atoms with van der Waals surface area (Å²) in [5.74, 6) is 0.162. The maximum Gasteiger partial charge on any atom is 0.220 e. The molecule has 2 aliphatic rings. The molecule has 1 aromatic heterocycles. The molecular weight excluding hydrogens is 266 g/mol. The van der Waals surface area contributed by atoms with Crippen LogP contribution in [0.4, 0.5) is 0 Å². The van der Waals surface area contributed by atoms with Gasteiger partial charge in [0, 0.05) is 43.1 Å². The third-order valence-corrected chi connectivity index (χ3v) is 4.47. The summed E-state index contributed by atoms with van der Waals surface area (Å²) >= 11 is 0. The average molecular weight is 291 g/mol. The fourth-order valence-corrected chi connectivity index (χ4v) is 3.06. The van der Waals surface area contributed by atoms with Crippen LogP contribution < -0.4 is 5.32 Å². The summed E-state index contributed by atoms with van der Waals surface area (Å²) < 4.78 is 7.69. The molecule has 2 heterocycles. The first-order valence-electron chi connectivity index (χ1n) is 8.22. The van der Waals surface area contributed by atoms with Crippen LogP contribution >= 0.6 is 0 Å². The lowest BCUT2D eigenvalue weighted by Crippen LogP contribution is -2.39. The van der Waals surface area contributed by atoms with Gasteiger partial charge in [0.25, 0.3) is 0 Å². The predicted molar refractivity (Wildman–Crippen MR) is 80.0 cm³/mol. The molecule has 3 rings (SSSR count). The summed E-state index contributed by atoms with van der Waals surface area (Å²) in [7, 11) is 0. The normalized spacial score (nSPS) is 18.1. The minimum atomic E-state index is 0.162. The van der Waals surface area contributed by atoms with E-state index in [1.165, 1.54) is 17.7 Å². The van der Waals surface area contributed by atoms with Gasteiger partial charge in [-0.15, -0.1) is 0 Å². The van der Waals surface area contributed by atoms with Gasteiger partial charge in [-0.25, -0.2) is 0 Å². The number of carbonyl (C=O) groups excluding carboxylic acids is 1. The molecule has 1 N–H and O–H groups in total. The van der Waals surface area contributed by atoms with Crippen molar-refractivity contribution in [2.45, 2.75) is 71.1 Å². The fourth-order valence-electron chi connectivity index (χ4n) is 3.06. The summed E-state index contributed by atoms with van der Waals surface area (Å²) in [5, 5.41) is 7.82. The Bertz CT molecular complexity index is 506. The highest BCUT2D eigenvalue weighted by Crippen LogP contribution is 2.23. The highest BCUT2D eigenvalue weighted by atomic mass is 16.5. The Morgan fingerprint density at radius 3 is 3.05 bits per heavy atom. The Hall–Kier alpha value is -1.36. The van der Waals surface area contributed by atoms with E-state index in [4.69, 9.17) is 9.84 Å². The SMILES string of the molecule is CCCn1nc(CCC(=O)NC2CCC2)c2c1CCOC2. The number of hydrogen-bond donors (Lipinski definition) is 1. The second-order valence-electron chi connectivity index (χ2n) is 6.09. The number of amides is 1. The molecule has 0 bridgehead atoms. The van der Waals surface area contributed by atoms with Crippen molar-refractivity contribution in [1.82, 2.24) is 15.1 Å². The summed E-state index contributed by atoms with van der Waals surface area (Å²) in [5.41, 5.74) is 3.60. The molecule has 1 fully saturated rings. The summed E-state index contributed by atoms with van der Waals surface area (Å²) in [4.78, 5) is 11.9. The molecule has 0 unspecified atom stereocenters. The maximum atomic E-state index is 11.9. The van der Waals surface area contributed by atoms with Gasteiger partial charge >= 0.3 is 0 Å². The molecule has 1 saturated carbocycles. The van der Waals surface area contributed by atoms with Crippen LogP contribution in [0.25, 0.3) is 0 Å². The van der Waals surface area contributed by atoms with Crippen molar-refractivity contribution >= 4 is 5.91 Å². The fraction of sp³-hybridized carbons (Fsp3) is 0.750. The highest BCUT2D eigenvalue weighted by molar-refractivity contribution is 5.76. The minimum absolute atomic E-state index is 0.162. The number of carbonyl (C=O) groups is 1. The molecule has 21 heavy (non-hydrogen) atoms. The summed E-state index contributed by atoms with van der Waals surface area (Å²) in [6.45, 7) is 4.55. The third kappa shape index (κ3) is 3.28. The largest absolute Gasteiger partial charge is 0.376 e. The first-order valence-corrected chi connectivity index (χ1v) is 8.22. The van der Waals surface area contributed by atoms with Crippen molar-refractivity contribution in [3.63, 3.8) is 0 Å². The van der Waals surface area contributed by atoms with Crippen molar-refractivity contribution in [3.05, 3.63) is 17.0 Å². The Morgan fingerprint density at radius 2 is 2.33 bits per heavy atom. The zero-order chi connectivity index (χ0) is 14.7. The second-order valence-corrected chi connectivity index (χ2v) is 6.09. The molecule has 1 aromatic rings. The summed E-state index contributed by atoms with van der Waals surface area (Å²) in [6.07, 6.45) is 6.80. The first kappa shape index (κ1) is 14.6. The lowest BCUT2D eigenvalue weighted by molar-refractivity contribution is -0.122. The van der Waals surface area contributed by atoms with E-state index < -0.39 is 0 Å². The number of aromatic nitrogens is 2. The molecule has 1 amide bonds. The van der Waals surface area contributed by atoms with Crippen LogP contribution in [0.15, 0.2) is 0 Å². The van der Waals surface area contributed by atoms with Crippen LogP contribution in [-0.4, -0.2) is 28.3 Å². The number of fused-ring (bicyclic) bond motifs is 1. The van der Waals surface area contributed by atoms with E-state index in [9.17, 15) is 4.79 Å². The number of ether oxygens (including phenoxy) is 1. The van der Waals surface area contributed by atoms with Crippen LogP contribution in [0.2, 0.25) is 0 Å². The highest BCUT2D eigenvalue weighted by Gasteiger charge is 2.22. The van der Waals surface area contributed by atoms with Crippen molar-refractivity contribution in [3.8, 4) is 0 Å². The molecule has 0 radical (unpaired) electrons. The Balaban J connectivity index is 1.62. The molecule has 5 heteroatoms. The zero-order valence-corrected chi connectivity index (χ0v) is 12.9. The Morgan fingerprint density at radius 1 is 1.48 bits per heavy atom. The van der Waals surface area contributed by atoms with Gasteiger partial charge in [-0.05, 0) is 25.7 Å². The van der Waals surface area contributed by atoms with Crippen molar-refractivity contribution in [2.75, 3.05) is 6.61 Å². The molecule has 0 atom stereocenters. The number of aryl methyl sites for hydroxylation is 2. The van der Waals surface area contributed by atoms with Crippen LogP contribution in [0, 0.1) is 0 Å². The van der Waals surface area contributed by atoms with Crippen LogP contribution in [0.5, 0.6) is 0 Å². The second kappa shape index (κ2) is 6.60. The van der Waals surface area contributed by atoms with Crippen molar-refractivity contribution in [1.29, 1.82) is 0 Å². The van der Waals surface area contributed by atoms with E-state index in [1.807, 2.05) is 0 Å². The summed E-state index contributed by atoms with van der Waals surface area (Å²) in [6, 6.07) is 0.424. The Kier molecular flexibility index (Phi) is 4.58. The first-order chi connectivity index (χ1) is 10.3. The molecule has 0 saturated heterocycles. The van der Waals surface area contributed by atoms with Crippen molar-refractivity contribution < 1.29 is 9.53 Å². The number of nitrogens with one attached hydrogen (secondary N) is 1. The van der Waals surface area contributed by atoms with E-state index in [0.717, 1.165) is 50.9 Å². The topological polar surface area (TPSA) is 56.2 Å². The van der Waals surface area contributed by atoms with E-state index >= 15 is 0 Å². The van der Waals surface area contributed by atoms with Crippen LogP contribution in [0.1, 0.15) is 56.0 Å². The third-order valence-electron chi connectivity index (χ3n) is 4.47. The van der Waals surface area contributed by atoms with E-state index in [0.29, 0.717) is 19.1 Å². The molecule has 5 nitrogen and oxygen atoms in total. The standard InChI is InChI=1S/C16H25N3O2/c1-2-9-19-15-8-10-21-11-13(15)14(18-19)6-7-16(20)17-12-4-3-5-12/h12H,2-11H2,1H3,(H,17,20). The van der Waals surface area contributed by atoms with Gasteiger partial charge in [0.05, 0.1) is 18.9 Å². The average Bonchev–Trinajstić information content (AvgIpc) is 2.80. The molecule has 0 spiro atoms. The predicted octanol–water partition coefficient (Wildman–Crippen LogP) is 1.97. The van der Waals surface area contributed by atoms with E-state index in [-0.39, 0.29) is 5.91 Å².